The lowest BCUT2D eigenvalue weighted by Crippen LogP contribution is -2.43. The van der Waals surface area contributed by atoms with Gasteiger partial charge in [0.25, 0.3) is 0 Å². The highest BCUT2D eigenvalue weighted by molar-refractivity contribution is 7.88. The SMILES string of the molecule is CN=C(NCCCNS(C)(=O)=O)NC(C)Cc1ccc(C)s1. The fraction of sp³-hybridized carbons (Fsp3) is 0.643. The number of nitrogens with zero attached hydrogens (tertiary/aromatic N) is 1. The Morgan fingerprint density at radius 2 is 2.09 bits per heavy atom. The first-order valence-electron chi connectivity index (χ1n) is 7.27. The zero-order valence-corrected chi connectivity index (χ0v) is 15.3. The Morgan fingerprint density at radius 3 is 2.64 bits per heavy atom. The first kappa shape index (κ1) is 18.9. The van der Waals surface area contributed by atoms with Gasteiger partial charge in [0.15, 0.2) is 5.96 Å². The minimum absolute atomic E-state index is 0.276. The second-order valence-corrected chi connectivity index (χ2v) is 8.49. The molecule has 0 saturated heterocycles. The van der Waals surface area contributed by atoms with Crippen LogP contribution in [0.25, 0.3) is 0 Å². The lowest BCUT2D eigenvalue weighted by Gasteiger charge is -2.17. The molecule has 1 rings (SSSR count). The van der Waals surface area contributed by atoms with Gasteiger partial charge in [-0.25, -0.2) is 13.1 Å². The van der Waals surface area contributed by atoms with Crippen molar-refractivity contribution >= 4 is 27.3 Å². The fourth-order valence-corrected chi connectivity index (χ4v) is 3.46. The van der Waals surface area contributed by atoms with Crippen LogP contribution in [0.3, 0.4) is 0 Å². The maximum Gasteiger partial charge on any atom is 0.208 e. The first-order valence-corrected chi connectivity index (χ1v) is 9.98. The van der Waals surface area contributed by atoms with Gasteiger partial charge in [-0.05, 0) is 32.4 Å². The summed E-state index contributed by atoms with van der Waals surface area (Å²) in [5.41, 5.74) is 0. The van der Waals surface area contributed by atoms with E-state index in [1.807, 2.05) is 11.3 Å². The van der Waals surface area contributed by atoms with Crippen LogP contribution in [0.4, 0.5) is 0 Å². The molecule has 0 amide bonds. The third-order valence-electron chi connectivity index (χ3n) is 2.92. The molecule has 1 aromatic rings. The van der Waals surface area contributed by atoms with Crippen LogP contribution in [0, 0.1) is 6.92 Å². The third-order valence-corrected chi connectivity index (χ3v) is 4.67. The monoisotopic (exact) mass is 346 g/mol. The number of hydrogen-bond donors (Lipinski definition) is 3. The molecule has 0 fully saturated rings. The van der Waals surface area contributed by atoms with Crippen molar-refractivity contribution in [1.29, 1.82) is 0 Å². The summed E-state index contributed by atoms with van der Waals surface area (Å²) >= 11 is 1.81. The Hall–Kier alpha value is -1.12. The maximum atomic E-state index is 10.9. The summed E-state index contributed by atoms with van der Waals surface area (Å²) in [4.78, 5) is 6.85. The summed E-state index contributed by atoms with van der Waals surface area (Å²) in [5.74, 6) is 0.736. The molecule has 1 unspecified atom stereocenters. The van der Waals surface area contributed by atoms with Gasteiger partial charge in [0.05, 0.1) is 6.26 Å². The lowest BCUT2D eigenvalue weighted by atomic mass is 10.2. The van der Waals surface area contributed by atoms with E-state index in [0.717, 1.165) is 18.6 Å². The Kier molecular flexibility index (Phi) is 7.84. The molecule has 0 aliphatic carbocycles. The molecule has 0 bridgehead atoms. The molecule has 0 aliphatic rings. The molecule has 126 valence electrons. The summed E-state index contributed by atoms with van der Waals surface area (Å²) in [5, 5.41) is 6.52. The number of nitrogens with one attached hydrogen (secondary N) is 3. The first-order chi connectivity index (χ1) is 10.3. The minimum Gasteiger partial charge on any atom is -0.356 e. The number of sulfonamides is 1. The van der Waals surface area contributed by atoms with E-state index in [1.165, 1.54) is 9.75 Å². The summed E-state index contributed by atoms with van der Waals surface area (Å²) in [6, 6.07) is 4.57. The summed E-state index contributed by atoms with van der Waals surface area (Å²) in [6.45, 7) is 5.31. The number of aliphatic imine (C=N–C) groups is 1. The quantitative estimate of drug-likeness (QED) is 0.374. The maximum absolute atomic E-state index is 10.9. The molecule has 8 heteroatoms. The van der Waals surface area contributed by atoms with E-state index in [2.05, 4.69) is 46.3 Å². The zero-order valence-electron chi connectivity index (χ0n) is 13.6. The van der Waals surface area contributed by atoms with E-state index < -0.39 is 10.0 Å². The zero-order chi connectivity index (χ0) is 16.6. The van der Waals surface area contributed by atoms with Gasteiger partial charge in [-0.1, -0.05) is 0 Å². The molecule has 1 atom stereocenters. The number of rotatable bonds is 8. The van der Waals surface area contributed by atoms with Crippen molar-refractivity contribution < 1.29 is 8.42 Å². The van der Waals surface area contributed by atoms with Gasteiger partial charge < -0.3 is 10.6 Å². The summed E-state index contributed by atoms with van der Waals surface area (Å²) < 4.78 is 24.3. The van der Waals surface area contributed by atoms with Crippen LogP contribution in [0.1, 0.15) is 23.1 Å². The molecule has 22 heavy (non-hydrogen) atoms. The smallest absolute Gasteiger partial charge is 0.208 e. The topological polar surface area (TPSA) is 82.6 Å². The van der Waals surface area contributed by atoms with Gasteiger partial charge in [0.1, 0.15) is 0 Å². The van der Waals surface area contributed by atoms with Crippen molar-refractivity contribution in [3.63, 3.8) is 0 Å². The van der Waals surface area contributed by atoms with Gasteiger partial charge in [0.2, 0.25) is 10.0 Å². The average molecular weight is 347 g/mol. The van der Waals surface area contributed by atoms with Crippen LogP contribution in [0.15, 0.2) is 17.1 Å². The Morgan fingerprint density at radius 1 is 1.36 bits per heavy atom. The second kappa shape index (κ2) is 9.12. The lowest BCUT2D eigenvalue weighted by molar-refractivity contribution is 0.583. The summed E-state index contributed by atoms with van der Waals surface area (Å²) in [6.07, 6.45) is 2.82. The third kappa shape index (κ3) is 8.35. The van der Waals surface area contributed by atoms with Crippen LogP contribution in [0.2, 0.25) is 0 Å². The Labute approximate surface area is 137 Å². The van der Waals surface area contributed by atoms with E-state index in [4.69, 9.17) is 0 Å². The Bertz CT molecular complexity index is 581. The van der Waals surface area contributed by atoms with Gasteiger partial charge >= 0.3 is 0 Å². The highest BCUT2D eigenvalue weighted by Crippen LogP contribution is 2.16. The van der Waals surface area contributed by atoms with Crippen LogP contribution >= 0.6 is 11.3 Å². The predicted molar refractivity (Wildman–Crippen MR) is 94.2 cm³/mol. The normalized spacial score (nSPS) is 13.9. The molecule has 3 N–H and O–H groups in total. The molecule has 6 nitrogen and oxygen atoms in total. The van der Waals surface area contributed by atoms with E-state index in [0.29, 0.717) is 19.5 Å². The van der Waals surface area contributed by atoms with E-state index in [-0.39, 0.29) is 6.04 Å². The van der Waals surface area contributed by atoms with Crippen molar-refractivity contribution in [3.05, 3.63) is 21.9 Å². The predicted octanol–water partition coefficient (Wildman–Crippen LogP) is 1.09. The highest BCUT2D eigenvalue weighted by atomic mass is 32.2. The molecule has 1 heterocycles. The molecule has 0 saturated carbocycles. The van der Waals surface area contributed by atoms with Gasteiger partial charge in [-0.2, -0.15) is 0 Å². The fourth-order valence-electron chi connectivity index (χ4n) is 1.93. The van der Waals surface area contributed by atoms with Crippen LogP contribution < -0.4 is 15.4 Å². The molecule has 0 aromatic carbocycles. The van der Waals surface area contributed by atoms with Crippen LogP contribution in [0.5, 0.6) is 0 Å². The molecule has 0 aliphatic heterocycles. The van der Waals surface area contributed by atoms with Gasteiger partial charge in [-0.3, -0.25) is 4.99 Å². The number of aryl methyl sites for hydroxylation is 1. The average Bonchev–Trinajstić information content (AvgIpc) is 2.80. The summed E-state index contributed by atoms with van der Waals surface area (Å²) in [7, 11) is -1.38. The van der Waals surface area contributed by atoms with Gasteiger partial charge in [0, 0.05) is 42.4 Å². The van der Waals surface area contributed by atoms with Crippen LogP contribution in [-0.2, 0) is 16.4 Å². The van der Waals surface area contributed by atoms with Gasteiger partial charge in [-0.15, -0.1) is 11.3 Å². The molecule has 0 spiro atoms. The molecule has 0 radical (unpaired) electrons. The van der Waals surface area contributed by atoms with E-state index >= 15 is 0 Å². The van der Waals surface area contributed by atoms with Crippen molar-refractivity contribution in [3.8, 4) is 0 Å². The minimum atomic E-state index is -3.10. The number of hydrogen-bond acceptors (Lipinski definition) is 4. The van der Waals surface area contributed by atoms with Crippen LogP contribution in [-0.4, -0.2) is 46.8 Å². The van der Waals surface area contributed by atoms with E-state index in [1.54, 1.807) is 7.05 Å². The molecular formula is C14H26N4O2S2. The van der Waals surface area contributed by atoms with Crippen molar-refractivity contribution in [2.24, 2.45) is 4.99 Å². The molecular weight excluding hydrogens is 320 g/mol. The van der Waals surface area contributed by atoms with Crippen molar-refractivity contribution in [2.45, 2.75) is 32.7 Å². The molecule has 1 aromatic heterocycles. The number of thiophene rings is 1. The van der Waals surface area contributed by atoms with Crippen molar-refractivity contribution in [2.75, 3.05) is 26.4 Å². The largest absolute Gasteiger partial charge is 0.356 e. The second-order valence-electron chi connectivity index (χ2n) is 5.28. The highest BCUT2D eigenvalue weighted by Gasteiger charge is 2.07. The Balaban J connectivity index is 2.27. The van der Waals surface area contributed by atoms with E-state index in [9.17, 15) is 8.42 Å². The standard InChI is InChI=1S/C14H26N4O2S2/c1-11(10-13-7-6-12(2)21-13)18-14(15-3)16-8-5-9-17-22(4,19)20/h6-7,11,17H,5,8-10H2,1-4H3,(H2,15,16,18). The van der Waals surface area contributed by atoms with Crippen molar-refractivity contribution in [1.82, 2.24) is 15.4 Å². The number of guanidine groups is 1.